The SMILES string of the molecule is CC1C=CC(O)(c2cscn2)CC1. The number of aliphatic hydroxyl groups is 1. The molecule has 0 aromatic carbocycles. The second-order valence-electron chi connectivity index (χ2n) is 3.67. The average molecular weight is 195 g/mol. The third-order valence-electron chi connectivity index (χ3n) is 2.56. The maximum atomic E-state index is 10.2. The van der Waals surface area contributed by atoms with E-state index in [4.69, 9.17) is 0 Å². The van der Waals surface area contributed by atoms with Gasteiger partial charge in [-0.1, -0.05) is 19.1 Å². The van der Waals surface area contributed by atoms with Crippen LogP contribution in [0.2, 0.25) is 0 Å². The Balaban J connectivity index is 2.27. The molecule has 0 bridgehead atoms. The predicted octanol–water partition coefficient (Wildman–Crippen LogP) is 2.32. The highest BCUT2D eigenvalue weighted by atomic mass is 32.1. The fourth-order valence-corrected chi connectivity index (χ4v) is 2.22. The van der Waals surface area contributed by atoms with Gasteiger partial charge in [0, 0.05) is 5.38 Å². The van der Waals surface area contributed by atoms with Gasteiger partial charge in [0.1, 0.15) is 5.60 Å². The molecule has 13 heavy (non-hydrogen) atoms. The quantitative estimate of drug-likeness (QED) is 0.698. The van der Waals surface area contributed by atoms with Gasteiger partial charge >= 0.3 is 0 Å². The van der Waals surface area contributed by atoms with Crippen LogP contribution in [0.5, 0.6) is 0 Å². The zero-order chi connectivity index (χ0) is 9.31. The Morgan fingerprint density at radius 3 is 3.08 bits per heavy atom. The summed E-state index contributed by atoms with van der Waals surface area (Å²) in [7, 11) is 0. The lowest BCUT2D eigenvalue weighted by molar-refractivity contribution is 0.0636. The fourth-order valence-electron chi connectivity index (χ4n) is 1.59. The van der Waals surface area contributed by atoms with Gasteiger partial charge in [-0.25, -0.2) is 4.98 Å². The molecule has 1 N–H and O–H groups in total. The van der Waals surface area contributed by atoms with E-state index in [0.29, 0.717) is 5.92 Å². The second kappa shape index (κ2) is 3.24. The molecule has 1 aliphatic carbocycles. The first-order valence-electron chi connectivity index (χ1n) is 4.51. The summed E-state index contributed by atoms with van der Waals surface area (Å²) >= 11 is 1.53. The van der Waals surface area contributed by atoms with E-state index >= 15 is 0 Å². The molecule has 1 aromatic heterocycles. The molecule has 3 heteroatoms. The molecule has 1 aliphatic rings. The topological polar surface area (TPSA) is 33.1 Å². The minimum absolute atomic E-state index is 0.582. The van der Waals surface area contributed by atoms with Gasteiger partial charge < -0.3 is 5.11 Å². The van der Waals surface area contributed by atoms with Crippen LogP contribution < -0.4 is 0 Å². The minimum Gasteiger partial charge on any atom is -0.379 e. The van der Waals surface area contributed by atoms with E-state index in [9.17, 15) is 5.11 Å². The smallest absolute Gasteiger partial charge is 0.125 e. The summed E-state index contributed by atoms with van der Waals surface area (Å²) in [6.07, 6.45) is 5.78. The zero-order valence-corrected chi connectivity index (χ0v) is 8.42. The van der Waals surface area contributed by atoms with Crippen molar-refractivity contribution in [2.45, 2.75) is 25.4 Å². The molecule has 0 saturated carbocycles. The Morgan fingerprint density at radius 2 is 2.54 bits per heavy atom. The third-order valence-corrected chi connectivity index (χ3v) is 3.14. The van der Waals surface area contributed by atoms with Crippen molar-refractivity contribution in [3.05, 3.63) is 28.7 Å². The normalized spacial score (nSPS) is 33.5. The molecule has 2 nitrogen and oxygen atoms in total. The van der Waals surface area contributed by atoms with E-state index in [1.54, 1.807) is 5.51 Å². The highest BCUT2D eigenvalue weighted by Crippen LogP contribution is 2.33. The van der Waals surface area contributed by atoms with Crippen molar-refractivity contribution < 1.29 is 5.11 Å². The van der Waals surface area contributed by atoms with Crippen LogP contribution in [0.25, 0.3) is 0 Å². The van der Waals surface area contributed by atoms with Gasteiger partial charge in [0.2, 0.25) is 0 Å². The standard InChI is InChI=1S/C10H13NOS/c1-8-2-4-10(12,5-3-8)9-6-13-7-11-9/h2,4,6-8,12H,3,5H2,1H3. The van der Waals surface area contributed by atoms with Crippen molar-refractivity contribution in [2.24, 2.45) is 5.92 Å². The molecule has 0 amide bonds. The molecule has 1 aromatic rings. The van der Waals surface area contributed by atoms with Crippen LogP contribution in [0.4, 0.5) is 0 Å². The molecule has 0 saturated heterocycles. The number of rotatable bonds is 1. The number of aromatic nitrogens is 1. The van der Waals surface area contributed by atoms with E-state index in [2.05, 4.69) is 18.0 Å². The molecular weight excluding hydrogens is 182 g/mol. The van der Waals surface area contributed by atoms with Crippen molar-refractivity contribution in [3.63, 3.8) is 0 Å². The molecule has 1 heterocycles. The Bertz CT molecular complexity index is 307. The number of hydrogen-bond acceptors (Lipinski definition) is 3. The second-order valence-corrected chi connectivity index (χ2v) is 4.39. The van der Waals surface area contributed by atoms with Crippen molar-refractivity contribution in [3.8, 4) is 0 Å². The molecule has 0 radical (unpaired) electrons. The maximum absolute atomic E-state index is 10.2. The predicted molar refractivity (Wildman–Crippen MR) is 53.5 cm³/mol. The summed E-state index contributed by atoms with van der Waals surface area (Å²) in [4.78, 5) is 4.15. The lowest BCUT2D eigenvalue weighted by Gasteiger charge is -2.28. The summed E-state index contributed by atoms with van der Waals surface area (Å²) in [6.45, 7) is 2.16. The third kappa shape index (κ3) is 1.67. The first kappa shape index (κ1) is 8.91. The van der Waals surface area contributed by atoms with E-state index in [0.717, 1.165) is 18.5 Å². The van der Waals surface area contributed by atoms with E-state index < -0.39 is 5.60 Å². The van der Waals surface area contributed by atoms with Crippen LogP contribution in [-0.4, -0.2) is 10.1 Å². The monoisotopic (exact) mass is 195 g/mol. The van der Waals surface area contributed by atoms with Crippen molar-refractivity contribution in [1.29, 1.82) is 0 Å². The molecular formula is C10H13NOS. The summed E-state index contributed by atoms with van der Waals surface area (Å²) in [5.74, 6) is 0.582. The van der Waals surface area contributed by atoms with Gasteiger partial charge in [-0.3, -0.25) is 0 Å². The molecule has 0 fully saturated rings. The summed E-state index contributed by atoms with van der Waals surface area (Å²) < 4.78 is 0. The average Bonchev–Trinajstić information content (AvgIpc) is 2.63. The van der Waals surface area contributed by atoms with Gasteiger partial charge in [-0.2, -0.15) is 0 Å². The fraction of sp³-hybridized carbons (Fsp3) is 0.500. The van der Waals surface area contributed by atoms with Crippen molar-refractivity contribution in [2.75, 3.05) is 0 Å². The highest BCUT2D eigenvalue weighted by molar-refractivity contribution is 7.07. The largest absolute Gasteiger partial charge is 0.379 e. The molecule has 0 aliphatic heterocycles. The highest BCUT2D eigenvalue weighted by Gasteiger charge is 2.30. The first-order chi connectivity index (χ1) is 6.21. The summed E-state index contributed by atoms with van der Waals surface area (Å²) in [5, 5.41) is 12.1. The van der Waals surface area contributed by atoms with Gasteiger partial charge in [0.25, 0.3) is 0 Å². The number of hydrogen-bond donors (Lipinski definition) is 1. The van der Waals surface area contributed by atoms with Gasteiger partial charge in [-0.15, -0.1) is 11.3 Å². The lowest BCUT2D eigenvalue weighted by Crippen LogP contribution is -2.26. The van der Waals surface area contributed by atoms with Crippen LogP contribution in [0.1, 0.15) is 25.5 Å². The van der Waals surface area contributed by atoms with Crippen LogP contribution >= 0.6 is 11.3 Å². The van der Waals surface area contributed by atoms with E-state index in [1.807, 2.05) is 11.5 Å². The Hall–Kier alpha value is -0.670. The zero-order valence-electron chi connectivity index (χ0n) is 7.60. The molecule has 70 valence electrons. The Kier molecular flexibility index (Phi) is 2.22. The molecule has 2 rings (SSSR count). The lowest BCUT2D eigenvalue weighted by atomic mass is 9.84. The Labute approximate surface area is 81.9 Å². The van der Waals surface area contributed by atoms with Gasteiger partial charge in [0.15, 0.2) is 0 Å². The molecule has 0 spiro atoms. The molecule has 2 atom stereocenters. The minimum atomic E-state index is -0.799. The van der Waals surface area contributed by atoms with Crippen molar-refractivity contribution in [1.82, 2.24) is 4.98 Å². The first-order valence-corrected chi connectivity index (χ1v) is 5.45. The summed E-state index contributed by atoms with van der Waals surface area (Å²) in [6, 6.07) is 0. The van der Waals surface area contributed by atoms with Crippen molar-refractivity contribution >= 4 is 11.3 Å². The molecule has 2 unspecified atom stereocenters. The van der Waals surface area contributed by atoms with Gasteiger partial charge in [0.05, 0.1) is 11.2 Å². The van der Waals surface area contributed by atoms with E-state index in [-0.39, 0.29) is 0 Å². The maximum Gasteiger partial charge on any atom is 0.125 e. The van der Waals surface area contributed by atoms with E-state index in [1.165, 1.54) is 11.3 Å². The van der Waals surface area contributed by atoms with Crippen LogP contribution in [0, 0.1) is 5.92 Å². The number of nitrogens with zero attached hydrogens (tertiary/aromatic N) is 1. The van der Waals surface area contributed by atoms with Gasteiger partial charge in [-0.05, 0) is 18.8 Å². The number of allylic oxidation sites excluding steroid dienone is 1. The summed E-state index contributed by atoms with van der Waals surface area (Å²) in [5.41, 5.74) is 1.76. The van der Waals surface area contributed by atoms with Crippen LogP contribution in [-0.2, 0) is 5.60 Å². The van der Waals surface area contributed by atoms with Crippen LogP contribution in [0.3, 0.4) is 0 Å². The number of thiazole rings is 1. The Morgan fingerprint density at radius 1 is 1.69 bits per heavy atom. The van der Waals surface area contributed by atoms with Crippen LogP contribution in [0.15, 0.2) is 23.0 Å².